The minimum absolute atomic E-state index is 0.757. The van der Waals surface area contributed by atoms with E-state index in [0.29, 0.717) is 0 Å². The summed E-state index contributed by atoms with van der Waals surface area (Å²) in [6.45, 7) is 13.2. The number of furan rings is 1. The van der Waals surface area contributed by atoms with Gasteiger partial charge in [0.2, 0.25) is 0 Å². The summed E-state index contributed by atoms with van der Waals surface area (Å²) in [6.07, 6.45) is 2.50. The second-order valence-electron chi connectivity index (χ2n) is 6.54. The third-order valence-corrected chi connectivity index (χ3v) is 3.49. The van der Waals surface area contributed by atoms with Crippen molar-refractivity contribution >= 4 is 0 Å². The molecule has 0 aliphatic carbocycles. The van der Waals surface area contributed by atoms with Crippen molar-refractivity contribution in [3.63, 3.8) is 0 Å². The average molecular weight is 280 g/mol. The van der Waals surface area contributed by atoms with E-state index in [-0.39, 0.29) is 0 Å². The van der Waals surface area contributed by atoms with E-state index in [4.69, 9.17) is 4.42 Å². The monoisotopic (exact) mass is 280 g/mol. The van der Waals surface area contributed by atoms with Crippen molar-refractivity contribution < 1.29 is 4.42 Å². The van der Waals surface area contributed by atoms with Crippen LogP contribution >= 0.6 is 0 Å². The topological polar surface area (TPSA) is 28.4 Å². The molecule has 0 fully saturated rings. The second-order valence-corrected chi connectivity index (χ2v) is 6.54. The van der Waals surface area contributed by atoms with Gasteiger partial charge < -0.3 is 9.73 Å². The van der Waals surface area contributed by atoms with E-state index < -0.39 is 0 Å². The van der Waals surface area contributed by atoms with Gasteiger partial charge in [-0.25, -0.2) is 0 Å². The molecule has 0 bridgehead atoms. The fourth-order valence-corrected chi connectivity index (χ4v) is 2.15. The van der Waals surface area contributed by atoms with Gasteiger partial charge in [0.15, 0.2) is 0 Å². The number of hydrogen-bond donors (Lipinski definition) is 1. The molecule has 20 heavy (non-hydrogen) atoms. The van der Waals surface area contributed by atoms with Crippen molar-refractivity contribution in [2.75, 3.05) is 20.1 Å². The van der Waals surface area contributed by atoms with E-state index in [1.54, 1.807) is 0 Å². The zero-order chi connectivity index (χ0) is 15.0. The molecular weight excluding hydrogens is 248 g/mol. The predicted octanol–water partition coefficient (Wildman–Crippen LogP) is 3.89. The van der Waals surface area contributed by atoms with Crippen LogP contribution in [0.15, 0.2) is 16.5 Å². The van der Waals surface area contributed by atoms with Gasteiger partial charge in [0.25, 0.3) is 0 Å². The fourth-order valence-electron chi connectivity index (χ4n) is 2.15. The Morgan fingerprint density at radius 1 is 1.00 bits per heavy atom. The van der Waals surface area contributed by atoms with Crippen molar-refractivity contribution in [3.05, 3.63) is 23.7 Å². The highest BCUT2D eigenvalue weighted by molar-refractivity contribution is 5.07. The highest BCUT2D eigenvalue weighted by Crippen LogP contribution is 2.13. The van der Waals surface area contributed by atoms with Crippen molar-refractivity contribution in [2.45, 2.75) is 53.6 Å². The summed E-state index contributed by atoms with van der Waals surface area (Å²) in [6, 6.07) is 4.19. The Balaban J connectivity index is 2.52. The molecule has 0 saturated heterocycles. The molecule has 3 nitrogen and oxygen atoms in total. The van der Waals surface area contributed by atoms with Crippen LogP contribution in [-0.4, -0.2) is 25.0 Å². The molecule has 1 aromatic heterocycles. The van der Waals surface area contributed by atoms with Gasteiger partial charge >= 0.3 is 0 Å². The molecule has 0 amide bonds. The van der Waals surface area contributed by atoms with Crippen LogP contribution in [0, 0.1) is 11.8 Å². The molecule has 3 heteroatoms. The zero-order valence-electron chi connectivity index (χ0n) is 13.9. The first-order chi connectivity index (χ1) is 9.51. The molecule has 0 radical (unpaired) electrons. The summed E-state index contributed by atoms with van der Waals surface area (Å²) in [5.74, 6) is 3.62. The highest BCUT2D eigenvalue weighted by Gasteiger charge is 2.11. The van der Waals surface area contributed by atoms with Gasteiger partial charge in [-0.05, 0) is 56.9 Å². The maximum atomic E-state index is 5.86. The van der Waals surface area contributed by atoms with Gasteiger partial charge in [0.1, 0.15) is 11.5 Å². The summed E-state index contributed by atoms with van der Waals surface area (Å²) < 4.78 is 5.86. The molecule has 0 aliphatic heterocycles. The number of rotatable bonds is 10. The number of hydrogen-bond acceptors (Lipinski definition) is 3. The van der Waals surface area contributed by atoms with Gasteiger partial charge in [-0.3, -0.25) is 4.90 Å². The summed E-state index contributed by atoms with van der Waals surface area (Å²) >= 11 is 0. The van der Waals surface area contributed by atoms with E-state index in [0.717, 1.165) is 49.5 Å². The molecule has 1 aromatic rings. The SMILES string of the molecule is CNCc1ccc(CN(CCC(C)C)CCC(C)C)o1. The average Bonchev–Trinajstić information content (AvgIpc) is 2.80. The molecule has 0 atom stereocenters. The lowest BCUT2D eigenvalue weighted by Crippen LogP contribution is -2.27. The highest BCUT2D eigenvalue weighted by atomic mass is 16.3. The van der Waals surface area contributed by atoms with Gasteiger partial charge in [0, 0.05) is 0 Å². The van der Waals surface area contributed by atoms with Crippen LogP contribution in [0.2, 0.25) is 0 Å². The maximum Gasteiger partial charge on any atom is 0.118 e. The van der Waals surface area contributed by atoms with Gasteiger partial charge in [-0.2, -0.15) is 0 Å². The molecule has 1 rings (SSSR count). The van der Waals surface area contributed by atoms with E-state index in [1.807, 2.05) is 7.05 Å². The Morgan fingerprint density at radius 2 is 1.55 bits per heavy atom. The molecule has 0 unspecified atom stereocenters. The van der Waals surface area contributed by atoms with Crippen molar-refractivity contribution in [1.29, 1.82) is 0 Å². The first-order valence-corrected chi connectivity index (χ1v) is 7.95. The largest absolute Gasteiger partial charge is 0.463 e. The molecular formula is C17H32N2O. The molecule has 1 N–H and O–H groups in total. The molecule has 0 aromatic carbocycles. The predicted molar refractivity (Wildman–Crippen MR) is 85.7 cm³/mol. The molecule has 116 valence electrons. The van der Waals surface area contributed by atoms with Crippen molar-refractivity contribution in [3.8, 4) is 0 Å². The zero-order valence-corrected chi connectivity index (χ0v) is 13.9. The summed E-state index contributed by atoms with van der Waals surface area (Å²) in [4.78, 5) is 2.53. The Kier molecular flexibility index (Phi) is 7.93. The van der Waals surface area contributed by atoms with Gasteiger partial charge in [0.05, 0.1) is 13.1 Å². The lowest BCUT2D eigenvalue weighted by Gasteiger charge is -2.23. The lowest BCUT2D eigenvalue weighted by atomic mass is 10.1. The van der Waals surface area contributed by atoms with Crippen LogP contribution < -0.4 is 5.32 Å². The molecule has 0 saturated carbocycles. The Morgan fingerprint density at radius 3 is 2.05 bits per heavy atom. The number of nitrogens with zero attached hydrogens (tertiary/aromatic N) is 1. The normalized spacial score (nSPS) is 12.0. The van der Waals surface area contributed by atoms with Crippen LogP contribution in [0.5, 0.6) is 0 Å². The van der Waals surface area contributed by atoms with Crippen LogP contribution in [0.1, 0.15) is 52.1 Å². The van der Waals surface area contributed by atoms with Crippen molar-refractivity contribution in [2.24, 2.45) is 11.8 Å². The first-order valence-electron chi connectivity index (χ1n) is 7.95. The van der Waals surface area contributed by atoms with E-state index in [2.05, 4.69) is 50.0 Å². The van der Waals surface area contributed by atoms with Crippen LogP contribution in [0.3, 0.4) is 0 Å². The van der Waals surface area contributed by atoms with E-state index in [1.165, 1.54) is 12.8 Å². The van der Waals surface area contributed by atoms with Crippen LogP contribution in [0.4, 0.5) is 0 Å². The van der Waals surface area contributed by atoms with E-state index >= 15 is 0 Å². The van der Waals surface area contributed by atoms with Gasteiger partial charge in [-0.15, -0.1) is 0 Å². The maximum absolute atomic E-state index is 5.86. The Bertz CT molecular complexity index is 346. The number of nitrogens with one attached hydrogen (secondary N) is 1. The fraction of sp³-hybridized carbons (Fsp3) is 0.765. The standard InChI is InChI=1S/C17H32N2O/c1-14(2)8-10-19(11-9-15(3)4)13-17-7-6-16(20-17)12-18-5/h6-7,14-15,18H,8-13H2,1-5H3. The van der Waals surface area contributed by atoms with Crippen LogP contribution in [0.25, 0.3) is 0 Å². The second kappa shape index (κ2) is 9.19. The minimum atomic E-state index is 0.757. The van der Waals surface area contributed by atoms with Crippen molar-refractivity contribution in [1.82, 2.24) is 10.2 Å². The Hall–Kier alpha value is -0.800. The smallest absolute Gasteiger partial charge is 0.118 e. The van der Waals surface area contributed by atoms with Crippen LogP contribution in [-0.2, 0) is 13.1 Å². The molecule has 1 heterocycles. The molecule has 0 spiro atoms. The summed E-state index contributed by atoms with van der Waals surface area (Å²) in [5, 5.41) is 3.12. The third-order valence-electron chi connectivity index (χ3n) is 3.49. The quantitative estimate of drug-likeness (QED) is 0.705. The van der Waals surface area contributed by atoms with Gasteiger partial charge in [-0.1, -0.05) is 27.7 Å². The first kappa shape index (κ1) is 17.3. The third kappa shape index (κ3) is 7.11. The lowest BCUT2D eigenvalue weighted by molar-refractivity contribution is 0.217. The Labute approximate surface area is 124 Å². The summed E-state index contributed by atoms with van der Waals surface area (Å²) in [7, 11) is 1.94. The van der Waals surface area contributed by atoms with E-state index in [9.17, 15) is 0 Å². The minimum Gasteiger partial charge on any atom is -0.463 e. The molecule has 0 aliphatic rings. The summed E-state index contributed by atoms with van der Waals surface area (Å²) in [5.41, 5.74) is 0.